The second-order valence-electron chi connectivity index (χ2n) is 9.91. The molecule has 188 valence electrons. The summed E-state index contributed by atoms with van der Waals surface area (Å²) < 4.78 is 6.84. The summed E-state index contributed by atoms with van der Waals surface area (Å²) in [4.78, 5) is 2.37. The van der Waals surface area contributed by atoms with E-state index >= 15 is 0 Å². The Morgan fingerprint density at radius 3 is 2.24 bits per heavy atom. The van der Waals surface area contributed by atoms with Crippen LogP contribution < -0.4 is 4.90 Å². The van der Waals surface area contributed by atoms with Crippen LogP contribution in [0.25, 0.3) is 6.08 Å². The summed E-state index contributed by atoms with van der Waals surface area (Å²) in [5, 5.41) is 19.5. The van der Waals surface area contributed by atoms with Crippen molar-refractivity contribution in [1.29, 1.82) is 10.5 Å². The molecule has 0 N–H and O–H groups in total. The number of rotatable bonds is 5. The van der Waals surface area contributed by atoms with Crippen LogP contribution in [0.15, 0.2) is 102 Å². The van der Waals surface area contributed by atoms with Crippen molar-refractivity contribution in [3.63, 3.8) is 0 Å². The number of nitriles is 2. The van der Waals surface area contributed by atoms with Crippen LogP contribution in [-0.2, 0) is 23.2 Å². The first-order valence-electron chi connectivity index (χ1n) is 13.2. The summed E-state index contributed by atoms with van der Waals surface area (Å²) in [6.45, 7) is 3.29. The van der Waals surface area contributed by atoms with E-state index in [1.807, 2.05) is 72.8 Å². The number of hydrogen-bond donors (Lipinski definition) is 0. The molecule has 2 aliphatic rings. The van der Waals surface area contributed by atoms with Gasteiger partial charge in [-0.3, -0.25) is 0 Å². The SMILES string of the molecule is CCc1cc(/C=C/C2=CC(=C(C#N)C#N)CC(c3ccccc3)(c3ccccc3)O2)cc2c1N(C)CCC2. The maximum absolute atomic E-state index is 9.75. The number of fused-ring (bicyclic) bond motifs is 1. The molecule has 5 rings (SSSR count). The number of nitrogens with zero attached hydrogens (tertiary/aromatic N) is 3. The molecule has 0 amide bonds. The minimum atomic E-state index is -0.863. The Balaban J connectivity index is 1.62. The molecular weight excluding hydrogens is 466 g/mol. The van der Waals surface area contributed by atoms with Gasteiger partial charge < -0.3 is 9.64 Å². The monoisotopic (exact) mass is 497 g/mol. The first kappa shape index (κ1) is 25.1. The Morgan fingerprint density at radius 1 is 0.974 bits per heavy atom. The van der Waals surface area contributed by atoms with Crippen molar-refractivity contribution >= 4 is 11.8 Å². The largest absolute Gasteiger partial charge is 0.477 e. The lowest BCUT2D eigenvalue weighted by molar-refractivity contribution is 0.0348. The predicted molar refractivity (Wildman–Crippen MR) is 152 cm³/mol. The highest BCUT2D eigenvalue weighted by molar-refractivity contribution is 5.67. The van der Waals surface area contributed by atoms with Gasteiger partial charge >= 0.3 is 0 Å². The average Bonchev–Trinajstić information content (AvgIpc) is 2.97. The van der Waals surface area contributed by atoms with Gasteiger partial charge in [-0.05, 0) is 65.8 Å². The van der Waals surface area contributed by atoms with Crippen molar-refractivity contribution in [2.24, 2.45) is 0 Å². The highest BCUT2D eigenvalue weighted by Gasteiger charge is 2.41. The molecule has 0 saturated heterocycles. The summed E-state index contributed by atoms with van der Waals surface area (Å²) >= 11 is 0. The van der Waals surface area contributed by atoms with E-state index in [-0.39, 0.29) is 5.57 Å². The van der Waals surface area contributed by atoms with Crippen LogP contribution in [-0.4, -0.2) is 13.6 Å². The third-order valence-corrected chi connectivity index (χ3v) is 7.51. The van der Waals surface area contributed by atoms with Gasteiger partial charge in [0.15, 0.2) is 5.60 Å². The molecular formula is C34H31N3O. The molecule has 4 nitrogen and oxygen atoms in total. The van der Waals surface area contributed by atoms with E-state index in [9.17, 15) is 10.5 Å². The van der Waals surface area contributed by atoms with E-state index in [0.717, 1.165) is 42.5 Å². The Bertz CT molecular complexity index is 1430. The molecule has 0 atom stereocenters. The number of hydrogen-bond acceptors (Lipinski definition) is 4. The molecule has 3 aromatic rings. The Labute approximate surface area is 225 Å². The third-order valence-electron chi connectivity index (χ3n) is 7.51. The zero-order valence-electron chi connectivity index (χ0n) is 21.9. The zero-order valence-corrected chi connectivity index (χ0v) is 21.9. The first-order chi connectivity index (χ1) is 18.6. The van der Waals surface area contributed by atoms with Gasteiger partial charge in [-0.2, -0.15) is 10.5 Å². The highest BCUT2D eigenvalue weighted by Crippen LogP contribution is 2.45. The number of allylic oxidation sites excluding steroid dienone is 3. The predicted octanol–water partition coefficient (Wildman–Crippen LogP) is 7.24. The van der Waals surface area contributed by atoms with Crippen molar-refractivity contribution in [1.82, 2.24) is 0 Å². The Morgan fingerprint density at radius 2 is 1.63 bits per heavy atom. The quantitative estimate of drug-likeness (QED) is 0.349. The van der Waals surface area contributed by atoms with Gasteiger partial charge in [-0.15, -0.1) is 0 Å². The lowest BCUT2D eigenvalue weighted by Crippen LogP contribution is -2.34. The minimum Gasteiger partial charge on any atom is -0.477 e. The standard InChI is InChI=1S/C34H31N3O/c1-3-26-19-25(20-27-11-10-18-37(2)33(26)27)16-17-32-21-28(29(23-35)24-36)22-34(38-32,30-12-6-4-7-13-30)31-14-8-5-9-15-31/h4-9,12-17,19-21H,3,10-11,18,22H2,1-2H3/b17-16+. The van der Waals surface area contributed by atoms with Gasteiger partial charge in [0, 0.05) is 36.8 Å². The highest BCUT2D eigenvalue weighted by atomic mass is 16.5. The number of benzene rings is 3. The van der Waals surface area contributed by atoms with Gasteiger partial charge in [0.1, 0.15) is 23.5 Å². The Hall–Kier alpha value is -4.54. The molecule has 38 heavy (non-hydrogen) atoms. The molecule has 0 fully saturated rings. The zero-order chi connectivity index (χ0) is 26.5. The van der Waals surface area contributed by atoms with E-state index in [0.29, 0.717) is 17.8 Å². The number of aryl methyl sites for hydroxylation is 2. The average molecular weight is 498 g/mol. The Kier molecular flexibility index (Phi) is 7.16. The molecule has 2 heterocycles. The fourth-order valence-corrected chi connectivity index (χ4v) is 5.70. The second-order valence-corrected chi connectivity index (χ2v) is 9.91. The molecule has 0 aromatic heterocycles. The molecule has 3 aromatic carbocycles. The van der Waals surface area contributed by atoms with E-state index in [1.165, 1.54) is 16.8 Å². The van der Waals surface area contributed by atoms with Crippen LogP contribution in [0.1, 0.15) is 47.6 Å². The summed E-state index contributed by atoms with van der Waals surface area (Å²) in [5.41, 5.74) is 7.11. The van der Waals surface area contributed by atoms with Crippen LogP contribution >= 0.6 is 0 Å². The smallest absolute Gasteiger partial charge is 0.163 e. The van der Waals surface area contributed by atoms with Crippen molar-refractivity contribution in [3.8, 4) is 12.1 Å². The van der Waals surface area contributed by atoms with Crippen LogP contribution in [0.4, 0.5) is 5.69 Å². The third kappa shape index (κ3) is 4.74. The molecule has 0 radical (unpaired) electrons. The topological polar surface area (TPSA) is 60.1 Å². The van der Waals surface area contributed by atoms with Gasteiger partial charge in [0.2, 0.25) is 0 Å². The molecule has 0 unspecified atom stereocenters. The van der Waals surface area contributed by atoms with Crippen LogP contribution in [0.5, 0.6) is 0 Å². The maximum Gasteiger partial charge on any atom is 0.163 e. The van der Waals surface area contributed by atoms with E-state index < -0.39 is 5.60 Å². The molecule has 4 heteroatoms. The van der Waals surface area contributed by atoms with Crippen LogP contribution in [0, 0.1) is 22.7 Å². The molecule has 2 aliphatic heterocycles. The second kappa shape index (κ2) is 10.8. The molecule has 0 bridgehead atoms. The van der Waals surface area contributed by atoms with Crippen molar-refractivity contribution in [2.45, 2.75) is 38.2 Å². The molecule has 0 spiro atoms. The summed E-state index contributed by atoms with van der Waals surface area (Å²) in [5.74, 6) is 0.620. The van der Waals surface area contributed by atoms with Gasteiger partial charge in [-0.1, -0.05) is 73.7 Å². The fourth-order valence-electron chi connectivity index (χ4n) is 5.70. The van der Waals surface area contributed by atoms with Gasteiger partial charge in [0.25, 0.3) is 0 Å². The fraction of sp³-hybridized carbons (Fsp3) is 0.235. The molecule has 0 aliphatic carbocycles. The van der Waals surface area contributed by atoms with Crippen molar-refractivity contribution in [3.05, 3.63) is 130 Å². The van der Waals surface area contributed by atoms with Crippen LogP contribution in [0.3, 0.4) is 0 Å². The lowest BCUT2D eigenvalue weighted by Gasteiger charge is -2.39. The number of ether oxygens (including phenoxy) is 1. The van der Waals surface area contributed by atoms with Crippen molar-refractivity contribution < 1.29 is 4.74 Å². The number of anilines is 1. The normalized spacial score (nSPS) is 16.2. The lowest BCUT2D eigenvalue weighted by atomic mass is 9.78. The van der Waals surface area contributed by atoms with Crippen LogP contribution in [0.2, 0.25) is 0 Å². The van der Waals surface area contributed by atoms with E-state index in [1.54, 1.807) is 0 Å². The summed E-state index contributed by atoms with van der Waals surface area (Å²) in [7, 11) is 2.18. The van der Waals surface area contributed by atoms with Gasteiger partial charge in [0.05, 0.1) is 0 Å². The molecule has 0 saturated carbocycles. The van der Waals surface area contributed by atoms with E-state index in [4.69, 9.17) is 4.74 Å². The summed E-state index contributed by atoms with van der Waals surface area (Å²) in [6.07, 6.45) is 9.50. The maximum atomic E-state index is 9.75. The summed E-state index contributed by atoms with van der Waals surface area (Å²) in [6, 6.07) is 28.8. The first-order valence-corrected chi connectivity index (χ1v) is 13.2. The van der Waals surface area contributed by atoms with Gasteiger partial charge in [-0.25, -0.2) is 0 Å². The van der Waals surface area contributed by atoms with Crippen molar-refractivity contribution in [2.75, 3.05) is 18.5 Å². The minimum absolute atomic E-state index is 0.112. The van der Waals surface area contributed by atoms with E-state index in [2.05, 4.69) is 49.2 Å².